The summed E-state index contributed by atoms with van der Waals surface area (Å²) in [6.07, 6.45) is 1.79. The molecule has 0 aliphatic carbocycles. The number of likely N-dealkylation sites (tertiary alicyclic amines) is 1. The minimum absolute atomic E-state index is 0.0965. The van der Waals surface area contributed by atoms with Crippen molar-refractivity contribution < 1.29 is 4.79 Å². The Hall–Kier alpha value is -2.12. The molecule has 0 N–H and O–H groups in total. The third kappa shape index (κ3) is 3.41. The molecule has 3 heterocycles. The predicted octanol–water partition coefficient (Wildman–Crippen LogP) is 4.71. The third-order valence-corrected chi connectivity index (χ3v) is 6.40. The van der Waals surface area contributed by atoms with E-state index < -0.39 is 0 Å². The molecule has 0 unspecified atom stereocenters. The van der Waals surface area contributed by atoms with Crippen molar-refractivity contribution in [2.75, 3.05) is 32.1 Å². The second-order valence-electron chi connectivity index (χ2n) is 6.96. The Morgan fingerprint density at radius 3 is 2.52 bits per heavy atom. The summed E-state index contributed by atoms with van der Waals surface area (Å²) in [6.45, 7) is 5.53. The first-order chi connectivity index (χ1) is 12.9. The highest BCUT2D eigenvalue weighted by Crippen LogP contribution is 2.34. The third-order valence-electron chi connectivity index (χ3n) is 4.77. The van der Waals surface area contributed by atoms with Crippen LogP contribution >= 0.6 is 27.3 Å². The van der Waals surface area contributed by atoms with Crippen LogP contribution in [0.5, 0.6) is 0 Å². The highest BCUT2D eigenvalue weighted by molar-refractivity contribution is 9.10. The lowest BCUT2D eigenvalue weighted by Gasteiger charge is -2.27. The summed E-state index contributed by atoms with van der Waals surface area (Å²) in [6, 6.07) is 10.1. The van der Waals surface area contributed by atoms with Crippen molar-refractivity contribution in [1.82, 2.24) is 14.5 Å². The van der Waals surface area contributed by atoms with E-state index in [4.69, 9.17) is 4.98 Å². The number of hydrogen-bond acceptors (Lipinski definition) is 4. The molecule has 1 amide bonds. The van der Waals surface area contributed by atoms with Gasteiger partial charge in [0.25, 0.3) is 5.91 Å². The Morgan fingerprint density at radius 1 is 1.22 bits per heavy atom. The normalized spacial score (nSPS) is 14.8. The summed E-state index contributed by atoms with van der Waals surface area (Å²) in [5.74, 6) is 0.950. The standard InChI is InChI=1S/C20H21BrN4OS/c1-13-8-10-24(11-9-13)18(26)17-12-16-19(27-17)25(20(22-16)23(2)3)15-6-4-14(21)5-7-15/h4-7,12H,1,8-11H2,2-3H3. The van der Waals surface area contributed by atoms with Gasteiger partial charge in [0.2, 0.25) is 5.95 Å². The highest BCUT2D eigenvalue weighted by atomic mass is 79.9. The van der Waals surface area contributed by atoms with Gasteiger partial charge in [-0.3, -0.25) is 9.36 Å². The van der Waals surface area contributed by atoms with Crippen molar-refractivity contribution in [3.05, 3.63) is 51.8 Å². The predicted molar refractivity (Wildman–Crippen MR) is 115 cm³/mol. The lowest BCUT2D eigenvalue weighted by atomic mass is 10.1. The van der Waals surface area contributed by atoms with Crippen LogP contribution in [-0.2, 0) is 0 Å². The molecular weight excluding hydrogens is 424 g/mol. The van der Waals surface area contributed by atoms with E-state index in [1.165, 1.54) is 16.9 Å². The Bertz CT molecular complexity index is 1010. The number of carbonyl (C=O) groups excluding carboxylic acids is 1. The Balaban J connectivity index is 1.75. The molecule has 140 valence electrons. The summed E-state index contributed by atoms with van der Waals surface area (Å²) < 4.78 is 3.14. The van der Waals surface area contributed by atoms with Gasteiger partial charge in [0, 0.05) is 37.3 Å². The lowest BCUT2D eigenvalue weighted by Crippen LogP contribution is -2.35. The molecule has 5 nitrogen and oxygen atoms in total. The topological polar surface area (TPSA) is 41.4 Å². The van der Waals surface area contributed by atoms with Crippen molar-refractivity contribution in [3.63, 3.8) is 0 Å². The van der Waals surface area contributed by atoms with E-state index in [1.807, 2.05) is 42.1 Å². The number of fused-ring (bicyclic) bond motifs is 1. The van der Waals surface area contributed by atoms with Gasteiger partial charge < -0.3 is 9.80 Å². The van der Waals surface area contributed by atoms with Gasteiger partial charge in [0.15, 0.2) is 0 Å². The minimum Gasteiger partial charge on any atom is -0.348 e. The number of aromatic nitrogens is 2. The Kier molecular flexibility index (Phi) is 4.82. The van der Waals surface area contributed by atoms with Crippen LogP contribution in [0.25, 0.3) is 16.0 Å². The smallest absolute Gasteiger partial charge is 0.264 e. The van der Waals surface area contributed by atoms with Gasteiger partial charge in [-0.25, -0.2) is 4.98 Å². The van der Waals surface area contributed by atoms with Crippen molar-refractivity contribution in [3.8, 4) is 5.69 Å². The van der Waals surface area contributed by atoms with Crippen LogP contribution in [0, 0.1) is 0 Å². The van der Waals surface area contributed by atoms with Gasteiger partial charge in [-0.15, -0.1) is 11.3 Å². The van der Waals surface area contributed by atoms with Gasteiger partial charge in [0.1, 0.15) is 10.3 Å². The number of nitrogens with zero attached hydrogens (tertiary/aromatic N) is 4. The monoisotopic (exact) mass is 444 g/mol. The molecule has 27 heavy (non-hydrogen) atoms. The number of carbonyl (C=O) groups is 1. The average Bonchev–Trinajstić information content (AvgIpc) is 3.20. The van der Waals surface area contributed by atoms with E-state index in [-0.39, 0.29) is 5.91 Å². The van der Waals surface area contributed by atoms with Crippen LogP contribution in [0.1, 0.15) is 22.5 Å². The van der Waals surface area contributed by atoms with Crippen molar-refractivity contribution in [2.24, 2.45) is 0 Å². The number of thiophene rings is 1. The Morgan fingerprint density at radius 2 is 1.89 bits per heavy atom. The fourth-order valence-electron chi connectivity index (χ4n) is 3.27. The van der Waals surface area contributed by atoms with Crippen LogP contribution in [-0.4, -0.2) is 47.5 Å². The Labute approximate surface area is 171 Å². The molecule has 1 aromatic carbocycles. The maximum atomic E-state index is 12.9. The number of amides is 1. The highest BCUT2D eigenvalue weighted by Gasteiger charge is 2.24. The molecule has 7 heteroatoms. The number of hydrogen-bond donors (Lipinski definition) is 0. The van der Waals surface area contributed by atoms with Crippen LogP contribution < -0.4 is 4.90 Å². The molecule has 1 fully saturated rings. The van der Waals surface area contributed by atoms with Crippen molar-refractivity contribution >= 4 is 49.5 Å². The molecule has 0 spiro atoms. The second-order valence-corrected chi connectivity index (χ2v) is 8.91. The van der Waals surface area contributed by atoms with Gasteiger partial charge in [-0.2, -0.15) is 0 Å². The lowest BCUT2D eigenvalue weighted by molar-refractivity contribution is 0.0749. The van der Waals surface area contributed by atoms with Crippen LogP contribution in [0.15, 0.2) is 47.0 Å². The molecule has 0 bridgehead atoms. The first-order valence-corrected chi connectivity index (χ1v) is 10.5. The SMILES string of the molecule is C=C1CCN(C(=O)c2cc3nc(N(C)C)n(-c4ccc(Br)cc4)c3s2)CC1. The molecule has 2 aromatic heterocycles. The van der Waals surface area contributed by atoms with Gasteiger partial charge in [-0.1, -0.05) is 28.1 Å². The summed E-state index contributed by atoms with van der Waals surface area (Å²) in [5.41, 5.74) is 3.12. The number of rotatable bonds is 3. The van der Waals surface area contributed by atoms with E-state index in [0.29, 0.717) is 0 Å². The zero-order chi connectivity index (χ0) is 19.1. The molecule has 0 radical (unpaired) electrons. The summed E-state index contributed by atoms with van der Waals surface area (Å²) in [5, 5.41) is 0. The maximum Gasteiger partial charge on any atom is 0.264 e. The number of imidazole rings is 1. The molecule has 1 aliphatic heterocycles. The minimum atomic E-state index is 0.0965. The number of halogens is 1. The molecule has 4 rings (SSSR count). The molecule has 0 saturated carbocycles. The first-order valence-electron chi connectivity index (χ1n) is 8.85. The molecule has 1 saturated heterocycles. The van der Waals surface area contributed by atoms with E-state index in [1.54, 1.807) is 0 Å². The van der Waals surface area contributed by atoms with E-state index in [9.17, 15) is 4.79 Å². The second kappa shape index (κ2) is 7.13. The van der Waals surface area contributed by atoms with Crippen molar-refractivity contribution in [1.29, 1.82) is 0 Å². The van der Waals surface area contributed by atoms with Crippen LogP contribution in [0.2, 0.25) is 0 Å². The molecule has 3 aromatic rings. The number of anilines is 1. The van der Waals surface area contributed by atoms with Gasteiger partial charge >= 0.3 is 0 Å². The summed E-state index contributed by atoms with van der Waals surface area (Å²) in [7, 11) is 3.96. The van der Waals surface area contributed by atoms with Crippen molar-refractivity contribution in [2.45, 2.75) is 12.8 Å². The summed E-state index contributed by atoms with van der Waals surface area (Å²) in [4.78, 5) is 23.4. The summed E-state index contributed by atoms with van der Waals surface area (Å²) >= 11 is 5.00. The average molecular weight is 445 g/mol. The largest absolute Gasteiger partial charge is 0.348 e. The van der Waals surface area contributed by atoms with E-state index in [2.05, 4.69) is 39.2 Å². The van der Waals surface area contributed by atoms with Gasteiger partial charge in [-0.05, 0) is 43.2 Å². The molecular formula is C20H21BrN4OS. The fourth-order valence-corrected chi connectivity index (χ4v) is 4.62. The molecule has 1 aliphatic rings. The zero-order valence-corrected chi connectivity index (χ0v) is 17.8. The van der Waals surface area contributed by atoms with E-state index in [0.717, 1.165) is 57.3 Å². The van der Waals surface area contributed by atoms with E-state index >= 15 is 0 Å². The first kappa shape index (κ1) is 18.3. The number of benzene rings is 1. The number of piperidine rings is 1. The van der Waals surface area contributed by atoms with Gasteiger partial charge in [0.05, 0.1) is 4.88 Å². The van der Waals surface area contributed by atoms with Crippen LogP contribution in [0.4, 0.5) is 5.95 Å². The molecule has 0 atom stereocenters. The zero-order valence-electron chi connectivity index (χ0n) is 15.4. The fraction of sp³-hybridized carbons (Fsp3) is 0.300. The van der Waals surface area contributed by atoms with Crippen LogP contribution in [0.3, 0.4) is 0 Å². The quantitative estimate of drug-likeness (QED) is 0.549. The maximum absolute atomic E-state index is 12.9.